The van der Waals surface area contributed by atoms with Crippen LogP contribution in [0, 0.1) is 0 Å². The van der Waals surface area contributed by atoms with E-state index in [9.17, 15) is 4.79 Å². The predicted octanol–water partition coefficient (Wildman–Crippen LogP) is 2.96. The number of carbonyl (C=O) groups is 1. The molecule has 0 aromatic heterocycles. The molecule has 0 unspecified atom stereocenters. The molecule has 2 nitrogen and oxygen atoms in total. The molecule has 0 aliphatic carbocycles. The van der Waals surface area contributed by atoms with Crippen molar-refractivity contribution in [2.24, 2.45) is 0 Å². The third-order valence-electron chi connectivity index (χ3n) is 2.43. The summed E-state index contributed by atoms with van der Waals surface area (Å²) in [4.78, 5) is 13.0. The Morgan fingerprint density at radius 2 is 2.13 bits per heavy atom. The lowest BCUT2D eigenvalue weighted by Crippen LogP contribution is -2.23. The Morgan fingerprint density at radius 1 is 1.47 bits per heavy atom. The molecule has 0 radical (unpaired) electrons. The molecule has 1 aromatic rings. The molecule has 1 aromatic carbocycles. The fourth-order valence-corrected chi connectivity index (χ4v) is 1.36. The van der Waals surface area contributed by atoms with Crippen LogP contribution >= 0.6 is 0 Å². The number of likely N-dealkylation sites (N-methyl/N-ethyl adjacent to an activating group) is 1. The fourth-order valence-electron chi connectivity index (χ4n) is 1.36. The normalized spacial score (nSPS) is 10.1. The number of rotatable bonds is 3. The van der Waals surface area contributed by atoms with Crippen LogP contribution in [-0.4, -0.2) is 13.0 Å². The van der Waals surface area contributed by atoms with E-state index in [2.05, 4.69) is 26.5 Å². The number of nitrogens with zero attached hydrogens (tertiary/aromatic N) is 1. The van der Waals surface area contributed by atoms with Gasteiger partial charge in [0.25, 0.3) is 0 Å². The average molecular weight is 203 g/mol. The Bertz CT molecular complexity index is 369. The van der Waals surface area contributed by atoms with Crippen LogP contribution in [0.3, 0.4) is 0 Å². The van der Waals surface area contributed by atoms with Gasteiger partial charge in [-0.25, -0.2) is 0 Å². The third kappa shape index (κ3) is 2.69. The maximum atomic E-state index is 11.4. The lowest BCUT2D eigenvalue weighted by Gasteiger charge is -2.17. The Morgan fingerprint density at radius 3 is 2.67 bits per heavy atom. The number of carbonyl (C=O) groups excluding carboxylic acids is 1. The highest BCUT2D eigenvalue weighted by Crippen LogP contribution is 2.20. The van der Waals surface area contributed by atoms with Gasteiger partial charge in [0.15, 0.2) is 0 Å². The Kier molecular flexibility index (Phi) is 3.67. The van der Waals surface area contributed by atoms with Crippen molar-refractivity contribution in [2.75, 3.05) is 11.9 Å². The van der Waals surface area contributed by atoms with Gasteiger partial charge in [0.2, 0.25) is 5.91 Å². The molecule has 0 bridgehead atoms. The summed E-state index contributed by atoms with van der Waals surface area (Å²) in [5, 5.41) is 0. The summed E-state index contributed by atoms with van der Waals surface area (Å²) < 4.78 is 0. The first-order valence-corrected chi connectivity index (χ1v) is 5.06. The summed E-state index contributed by atoms with van der Waals surface area (Å²) in [6, 6.07) is 8.00. The number of hydrogen-bond acceptors (Lipinski definition) is 1. The number of hydrogen-bond donors (Lipinski definition) is 0. The van der Waals surface area contributed by atoms with Crippen LogP contribution in [0.2, 0.25) is 0 Å². The zero-order chi connectivity index (χ0) is 11.4. The topological polar surface area (TPSA) is 20.3 Å². The standard InChI is InChI=1S/C13H17NO/c1-5-13(15)14(4)12-8-6-7-11(9-12)10(2)3/h5-10H,1H2,2-4H3. The number of amides is 1. The molecule has 0 atom stereocenters. The molecule has 1 rings (SSSR count). The Balaban J connectivity index is 2.99. The van der Waals surface area contributed by atoms with Gasteiger partial charge < -0.3 is 4.90 Å². The molecule has 0 fully saturated rings. The highest BCUT2D eigenvalue weighted by atomic mass is 16.2. The lowest BCUT2D eigenvalue weighted by atomic mass is 10.0. The quantitative estimate of drug-likeness (QED) is 0.692. The van der Waals surface area contributed by atoms with Crippen LogP contribution in [0.5, 0.6) is 0 Å². The molecule has 0 heterocycles. The Hall–Kier alpha value is -1.57. The lowest BCUT2D eigenvalue weighted by molar-refractivity contribution is -0.113. The van der Waals surface area contributed by atoms with E-state index in [-0.39, 0.29) is 5.91 Å². The van der Waals surface area contributed by atoms with Gasteiger partial charge in [-0.3, -0.25) is 4.79 Å². The second kappa shape index (κ2) is 4.78. The minimum atomic E-state index is -0.0871. The van der Waals surface area contributed by atoms with Gasteiger partial charge in [0.05, 0.1) is 0 Å². The highest BCUT2D eigenvalue weighted by Gasteiger charge is 2.08. The molecule has 15 heavy (non-hydrogen) atoms. The maximum absolute atomic E-state index is 11.4. The van der Waals surface area contributed by atoms with Gasteiger partial charge in [0, 0.05) is 12.7 Å². The molecule has 0 aliphatic rings. The van der Waals surface area contributed by atoms with Crippen molar-refractivity contribution in [1.29, 1.82) is 0 Å². The summed E-state index contributed by atoms with van der Waals surface area (Å²) >= 11 is 0. The summed E-state index contributed by atoms with van der Waals surface area (Å²) in [5.41, 5.74) is 2.14. The minimum Gasteiger partial charge on any atom is -0.312 e. The summed E-state index contributed by atoms with van der Waals surface area (Å²) in [6.07, 6.45) is 1.32. The first-order chi connectivity index (χ1) is 7.06. The van der Waals surface area contributed by atoms with Crippen molar-refractivity contribution in [3.05, 3.63) is 42.5 Å². The second-order valence-electron chi connectivity index (χ2n) is 3.85. The zero-order valence-electron chi connectivity index (χ0n) is 9.53. The van der Waals surface area contributed by atoms with Crippen LogP contribution in [0.4, 0.5) is 5.69 Å². The fraction of sp³-hybridized carbons (Fsp3) is 0.308. The smallest absolute Gasteiger partial charge is 0.250 e. The van der Waals surface area contributed by atoms with Crippen molar-refractivity contribution in [1.82, 2.24) is 0 Å². The SMILES string of the molecule is C=CC(=O)N(C)c1cccc(C(C)C)c1. The van der Waals surface area contributed by atoms with Crippen molar-refractivity contribution in [2.45, 2.75) is 19.8 Å². The maximum Gasteiger partial charge on any atom is 0.250 e. The zero-order valence-corrected chi connectivity index (χ0v) is 9.53. The van der Waals surface area contributed by atoms with Gasteiger partial charge in [-0.05, 0) is 29.7 Å². The van der Waals surface area contributed by atoms with E-state index in [0.29, 0.717) is 5.92 Å². The first kappa shape index (κ1) is 11.5. The highest BCUT2D eigenvalue weighted by molar-refractivity contribution is 6.00. The molecule has 80 valence electrons. The molecule has 2 heteroatoms. The van der Waals surface area contributed by atoms with Gasteiger partial charge in [-0.2, -0.15) is 0 Å². The summed E-state index contributed by atoms with van der Waals surface area (Å²) in [6.45, 7) is 7.74. The largest absolute Gasteiger partial charge is 0.312 e. The molecule has 0 saturated heterocycles. The van der Waals surface area contributed by atoms with Crippen molar-refractivity contribution < 1.29 is 4.79 Å². The number of benzene rings is 1. The van der Waals surface area contributed by atoms with Crippen LogP contribution in [-0.2, 0) is 4.79 Å². The van der Waals surface area contributed by atoms with Gasteiger partial charge >= 0.3 is 0 Å². The first-order valence-electron chi connectivity index (χ1n) is 5.06. The van der Waals surface area contributed by atoms with E-state index < -0.39 is 0 Å². The van der Waals surface area contributed by atoms with Gasteiger partial charge in [0.1, 0.15) is 0 Å². The molecule has 0 saturated carbocycles. The van der Waals surface area contributed by atoms with E-state index in [0.717, 1.165) is 5.69 Å². The van der Waals surface area contributed by atoms with E-state index in [1.165, 1.54) is 11.6 Å². The molecule has 0 spiro atoms. The van der Waals surface area contributed by atoms with Gasteiger partial charge in [-0.15, -0.1) is 0 Å². The van der Waals surface area contributed by atoms with Crippen LogP contribution in [0.1, 0.15) is 25.3 Å². The minimum absolute atomic E-state index is 0.0871. The van der Waals surface area contributed by atoms with Crippen LogP contribution in [0.25, 0.3) is 0 Å². The molecular weight excluding hydrogens is 186 g/mol. The second-order valence-corrected chi connectivity index (χ2v) is 3.85. The Labute approximate surface area is 91.2 Å². The van der Waals surface area contributed by atoms with E-state index >= 15 is 0 Å². The van der Waals surface area contributed by atoms with Gasteiger partial charge in [-0.1, -0.05) is 32.6 Å². The predicted molar refractivity (Wildman–Crippen MR) is 64.1 cm³/mol. The summed E-state index contributed by atoms with van der Waals surface area (Å²) in [7, 11) is 1.75. The van der Waals surface area contributed by atoms with Crippen molar-refractivity contribution in [3.8, 4) is 0 Å². The molecular formula is C13H17NO. The molecule has 1 amide bonds. The van der Waals surface area contributed by atoms with Crippen LogP contribution < -0.4 is 4.90 Å². The number of anilines is 1. The third-order valence-corrected chi connectivity index (χ3v) is 2.43. The average Bonchev–Trinajstić information content (AvgIpc) is 2.27. The molecule has 0 N–H and O–H groups in total. The van der Waals surface area contributed by atoms with E-state index in [1.807, 2.05) is 18.2 Å². The summed E-state index contributed by atoms with van der Waals surface area (Å²) in [5.74, 6) is 0.382. The van der Waals surface area contributed by atoms with Crippen molar-refractivity contribution in [3.63, 3.8) is 0 Å². The molecule has 0 aliphatic heterocycles. The van der Waals surface area contributed by atoms with E-state index in [4.69, 9.17) is 0 Å². The van der Waals surface area contributed by atoms with Crippen molar-refractivity contribution >= 4 is 11.6 Å². The van der Waals surface area contributed by atoms with Crippen LogP contribution in [0.15, 0.2) is 36.9 Å². The monoisotopic (exact) mass is 203 g/mol. The van der Waals surface area contributed by atoms with E-state index in [1.54, 1.807) is 11.9 Å².